The van der Waals surface area contributed by atoms with E-state index in [1.807, 2.05) is 38.1 Å². The lowest BCUT2D eigenvalue weighted by molar-refractivity contribution is 0.839. The van der Waals surface area contributed by atoms with Gasteiger partial charge in [-0.1, -0.05) is 23.7 Å². The molecule has 1 rings (SSSR count). The molecule has 0 aromatic heterocycles. The van der Waals surface area contributed by atoms with E-state index >= 15 is 0 Å². The van der Waals surface area contributed by atoms with Crippen molar-refractivity contribution in [3.05, 3.63) is 34.9 Å². The van der Waals surface area contributed by atoms with Crippen LogP contribution < -0.4 is 0 Å². The highest BCUT2D eigenvalue weighted by molar-refractivity contribution is 6.30. The Balaban J connectivity index is 2.54. The molecule has 0 amide bonds. The smallest absolute Gasteiger partial charge is 0.0898 e. The average molecular weight is 209 g/mol. The zero-order valence-electron chi connectivity index (χ0n) is 8.37. The predicted molar refractivity (Wildman–Crippen MR) is 60.2 cm³/mol. The van der Waals surface area contributed by atoms with Crippen LogP contribution in [0.3, 0.4) is 0 Å². The van der Waals surface area contributed by atoms with Gasteiger partial charge in [0.15, 0.2) is 0 Å². The maximum absolute atomic E-state index is 5.75. The molecule has 1 aromatic rings. The molecule has 2 nitrogen and oxygen atoms in total. The van der Waals surface area contributed by atoms with Crippen LogP contribution in [0.4, 0.5) is 0 Å². The van der Waals surface area contributed by atoms with E-state index in [0.717, 1.165) is 10.6 Å². The van der Waals surface area contributed by atoms with Crippen LogP contribution in [0.25, 0.3) is 0 Å². The summed E-state index contributed by atoms with van der Waals surface area (Å²) in [6.07, 6.45) is 0. The highest BCUT2D eigenvalue weighted by atomic mass is 35.5. The molecule has 0 bridgehead atoms. The van der Waals surface area contributed by atoms with Gasteiger partial charge in [0.05, 0.1) is 18.6 Å². The molecule has 0 fully saturated rings. The molecule has 1 aromatic carbocycles. The summed E-state index contributed by atoms with van der Waals surface area (Å²) in [5.41, 5.74) is 1.11. The van der Waals surface area contributed by atoms with Gasteiger partial charge in [-0.25, -0.2) is 9.98 Å². The molecular formula is C11H13ClN2. The first-order valence-electron chi connectivity index (χ1n) is 4.54. The van der Waals surface area contributed by atoms with Gasteiger partial charge in [0.25, 0.3) is 0 Å². The summed E-state index contributed by atoms with van der Waals surface area (Å²) in [7, 11) is 0. The van der Waals surface area contributed by atoms with Crippen LogP contribution in [0, 0.1) is 0 Å². The molecule has 0 saturated carbocycles. The van der Waals surface area contributed by atoms with E-state index in [0.29, 0.717) is 6.54 Å². The molecule has 0 aliphatic heterocycles. The second kappa shape index (κ2) is 5.58. The van der Waals surface area contributed by atoms with Gasteiger partial charge >= 0.3 is 0 Å². The Hall–Kier alpha value is -1.11. The van der Waals surface area contributed by atoms with E-state index in [9.17, 15) is 0 Å². The van der Waals surface area contributed by atoms with Crippen molar-refractivity contribution in [1.82, 2.24) is 0 Å². The number of aliphatic imine (C=N–C) groups is 2. The standard InChI is InChI=1S/C11H13ClN2/c1-9(2)14-8-13-7-10-3-5-11(12)6-4-10/h3-6,9H,7H2,1-2H3. The molecule has 0 N–H and O–H groups in total. The highest BCUT2D eigenvalue weighted by Gasteiger charge is 1.89. The Kier molecular flexibility index (Phi) is 4.37. The molecule has 0 heterocycles. The van der Waals surface area contributed by atoms with Gasteiger partial charge in [0.2, 0.25) is 0 Å². The maximum Gasteiger partial charge on any atom is 0.0898 e. The molecule has 14 heavy (non-hydrogen) atoms. The first kappa shape index (κ1) is 11.0. The van der Waals surface area contributed by atoms with E-state index in [1.165, 1.54) is 0 Å². The SMILES string of the molecule is CC(C)N=C=NCc1ccc(Cl)cc1. The van der Waals surface area contributed by atoms with Crippen LogP contribution in [-0.4, -0.2) is 12.1 Å². The van der Waals surface area contributed by atoms with Crippen molar-refractivity contribution in [2.24, 2.45) is 9.98 Å². The van der Waals surface area contributed by atoms with Crippen molar-refractivity contribution < 1.29 is 0 Å². The number of halogens is 1. The minimum Gasteiger partial charge on any atom is -0.223 e. The van der Waals surface area contributed by atoms with Gasteiger partial charge in [-0.05, 0) is 31.5 Å². The van der Waals surface area contributed by atoms with Crippen LogP contribution in [0.15, 0.2) is 34.3 Å². The molecule has 74 valence electrons. The summed E-state index contributed by atoms with van der Waals surface area (Å²) >= 11 is 5.75. The predicted octanol–water partition coefficient (Wildman–Crippen LogP) is 3.42. The third-order valence-electron chi connectivity index (χ3n) is 1.56. The fraction of sp³-hybridized carbons (Fsp3) is 0.364. The Labute approximate surface area is 89.4 Å². The number of nitrogens with zero attached hydrogens (tertiary/aromatic N) is 2. The average Bonchev–Trinajstić information content (AvgIpc) is 2.15. The van der Waals surface area contributed by atoms with Crippen molar-refractivity contribution >= 4 is 17.6 Å². The Morgan fingerprint density at radius 3 is 2.50 bits per heavy atom. The lowest BCUT2D eigenvalue weighted by Gasteiger charge is -1.94. The van der Waals surface area contributed by atoms with Crippen LogP contribution in [0.5, 0.6) is 0 Å². The zero-order chi connectivity index (χ0) is 10.4. The summed E-state index contributed by atoms with van der Waals surface area (Å²) in [5, 5.41) is 0.744. The topological polar surface area (TPSA) is 24.7 Å². The number of rotatable bonds is 3. The Morgan fingerprint density at radius 1 is 1.29 bits per heavy atom. The van der Waals surface area contributed by atoms with Crippen LogP contribution in [-0.2, 0) is 6.54 Å². The number of hydrogen-bond donors (Lipinski definition) is 0. The van der Waals surface area contributed by atoms with Gasteiger partial charge in [-0.2, -0.15) is 0 Å². The molecule has 0 spiro atoms. The van der Waals surface area contributed by atoms with Crippen LogP contribution in [0.2, 0.25) is 5.02 Å². The Morgan fingerprint density at radius 2 is 1.93 bits per heavy atom. The van der Waals surface area contributed by atoms with Crippen molar-refractivity contribution in [1.29, 1.82) is 0 Å². The van der Waals surface area contributed by atoms with E-state index in [-0.39, 0.29) is 6.04 Å². The first-order valence-corrected chi connectivity index (χ1v) is 4.92. The second-order valence-electron chi connectivity index (χ2n) is 3.27. The van der Waals surface area contributed by atoms with Gasteiger partial charge in [-0.3, -0.25) is 0 Å². The zero-order valence-corrected chi connectivity index (χ0v) is 9.12. The number of hydrogen-bond acceptors (Lipinski definition) is 2. The summed E-state index contributed by atoms with van der Waals surface area (Å²) in [5.74, 6) is 0. The van der Waals surface area contributed by atoms with Crippen molar-refractivity contribution in [3.63, 3.8) is 0 Å². The van der Waals surface area contributed by atoms with Crippen molar-refractivity contribution in [2.45, 2.75) is 26.4 Å². The molecule has 0 radical (unpaired) electrons. The lowest BCUT2D eigenvalue weighted by atomic mass is 10.2. The second-order valence-corrected chi connectivity index (χ2v) is 3.70. The van der Waals surface area contributed by atoms with Crippen LogP contribution >= 0.6 is 11.6 Å². The molecule has 0 atom stereocenters. The maximum atomic E-state index is 5.75. The third kappa shape index (κ3) is 4.22. The summed E-state index contributed by atoms with van der Waals surface area (Å²) in [4.78, 5) is 8.07. The van der Waals surface area contributed by atoms with Gasteiger partial charge < -0.3 is 0 Å². The first-order chi connectivity index (χ1) is 6.68. The van der Waals surface area contributed by atoms with E-state index in [4.69, 9.17) is 11.6 Å². The Bertz CT molecular complexity index is 335. The minimum absolute atomic E-state index is 0.254. The van der Waals surface area contributed by atoms with Crippen molar-refractivity contribution in [3.8, 4) is 0 Å². The van der Waals surface area contributed by atoms with Gasteiger partial charge in [0, 0.05) is 5.02 Å². The minimum atomic E-state index is 0.254. The summed E-state index contributed by atoms with van der Waals surface area (Å²) in [6.45, 7) is 4.59. The fourth-order valence-corrected chi connectivity index (χ4v) is 0.999. The fourth-order valence-electron chi connectivity index (χ4n) is 0.873. The van der Waals surface area contributed by atoms with Crippen LogP contribution in [0.1, 0.15) is 19.4 Å². The summed E-state index contributed by atoms with van der Waals surface area (Å²) < 4.78 is 0. The van der Waals surface area contributed by atoms with Gasteiger partial charge in [-0.15, -0.1) is 0 Å². The molecule has 3 heteroatoms. The molecule has 0 aliphatic carbocycles. The number of benzene rings is 1. The quantitative estimate of drug-likeness (QED) is 0.680. The molecule has 0 aliphatic rings. The largest absolute Gasteiger partial charge is 0.223 e. The van der Waals surface area contributed by atoms with Gasteiger partial charge in [0.1, 0.15) is 0 Å². The molecular weight excluding hydrogens is 196 g/mol. The van der Waals surface area contributed by atoms with E-state index < -0.39 is 0 Å². The highest BCUT2D eigenvalue weighted by Crippen LogP contribution is 2.09. The van der Waals surface area contributed by atoms with E-state index in [2.05, 4.69) is 16.0 Å². The monoisotopic (exact) mass is 208 g/mol. The normalized spacial score (nSPS) is 9.71. The lowest BCUT2D eigenvalue weighted by Crippen LogP contribution is -1.85. The van der Waals surface area contributed by atoms with Crippen molar-refractivity contribution in [2.75, 3.05) is 0 Å². The van der Waals surface area contributed by atoms with E-state index in [1.54, 1.807) is 0 Å². The third-order valence-corrected chi connectivity index (χ3v) is 1.81. The molecule has 0 unspecified atom stereocenters. The molecule has 0 saturated heterocycles. The summed E-state index contributed by atoms with van der Waals surface area (Å²) in [6, 6.07) is 10.5.